The quantitative estimate of drug-likeness (QED) is 0.505. The van der Waals surface area contributed by atoms with Crippen molar-refractivity contribution >= 4 is 12.8 Å². The average molecular weight is 143 g/mol. The van der Waals surface area contributed by atoms with Crippen LogP contribution in [0.3, 0.4) is 0 Å². The summed E-state index contributed by atoms with van der Waals surface area (Å²) in [5.74, 6) is 0. The molecule has 1 saturated carbocycles. The second-order valence-electron chi connectivity index (χ2n) is 3.53. The molecule has 1 spiro atoms. The van der Waals surface area contributed by atoms with Crippen molar-refractivity contribution in [2.45, 2.75) is 25.7 Å². The van der Waals surface area contributed by atoms with Gasteiger partial charge in [0.25, 0.3) is 0 Å². The maximum Gasteiger partial charge on any atom is 0.0156 e. The third-order valence-electron chi connectivity index (χ3n) is 2.70. The molecule has 2 rings (SSSR count). The van der Waals surface area contributed by atoms with E-state index in [1.165, 1.54) is 38.8 Å². The Morgan fingerprint density at radius 3 is 2.11 bits per heavy atom. The first-order chi connectivity index (χ1) is 4.31. The van der Waals surface area contributed by atoms with Gasteiger partial charge in [-0.3, -0.25) is 4.31 Å². The van der Waals surface area contributed by atoms with Gasteiger partial charge in [0.05, 0.1) is 0 Å². The molecule has 0 bridgehead atoms. The molecule has 2 fully saturated rings. The Balaban J connectivity index is 1.95. The normalized spacial score (nSPS) is 33.0. The van der Waals surface area contributed by atoms with Crippen LogP contribution in [0.25, 0.3) is 0 Å². The van der Waals surface area contributed by atoms with E-state index in [4.69, 9.17) is 0 Å². The van der Waals surface area contributed by atoms with E-state index in [2.05, 4.69) is 17.1 Å². The first kappa shape index (κ1) is 6.05. The van der Waals surface area contributed by atoms with Crippen LogP contribution in [0.5, 0.6) is 0 Å². The molecule has 0 aromatic rings. The monoisotopic (exact) mass is 143 g/mol. The zero-order valence-electron chi connectivity index (χ0n) is 5.64. The Labute approximate surface area is 62.0 Å². The van der Waals surface area contributed by atoms with E-state index in [0.717, 1.165) is 5.41 Å². The van der Waals surface area contributed by atoms with Crippen LogP contribution >= 0.6 is 12.8 Å². The van der Waals surface area contributed by atoms with Gasteiger partial charge in [-0.15, -0.1) is 0 Å². The highest BCUT2D eigenvalue weighted by molar-refractivity contribution is 7.77. The molecule has 1 aliphatic heterocycles. The molecule has 1 aliphatic carbocycles. The van der Waals surface area contributed by atoms with E-state index < -0.39 is 0 Å². The van der Waals surface area contributed by atoms with Crippen molar-refractivity contribution in [1.82, 2.24) is 4.31 Å². The van der Waals surface area contributed by atoms with E-state index in [0.29, 0.717) is 0 Å². The predicted molar refractivity (Wildman–Crippen MR) is 41.5 cm³/mol. The van der Waals surface area contributed by atoms with Crippen LogP contribution < -0.4 is 0 Å². The molecule has 0 aromatic carbocycles. The summed E-state index contributed by atoms with van der Waals surface area (Å²) in [7, 11) is 0. The second kappa shape index (κ2) is 1.89. The minimum atomic E-state index is 0.738. The van der Waals surface area contributed by atoms with Crippen molar-refractivity contribution in [3.05, 3.63) is 0 Å². The smallest absolute Gasteiger partial charge is 0.0156 e. The van der Waals surface area contributed by atoms with Crippen molar-refractivity contribution in [3.8, 4) is 0 Å². The Morgan fingerprint density at radius 1 is 1.11 bits per heavy atom. The van der Waals surface area contributed by atoms with Gasteiger partial charge in [0.1, 0.15) is 0 Å². The van der Waals surface area contributed by atoms with Gasteiger partial charge in [-0.05, 0) is 18.3 Å². The SMILES string of the molecule is SN1CC2(CCCC2)C1. The van der Waals surface area contributed by atoms with Gasteiger partial charge in [0, 0.05) is 13.1 Å². The van der Waals surface area contributed by atoms with Crippen LogP contribution in [0, 0.1) is 5.41 Å². The van der Waals surface area contributed by atoms with E-state index in [1.54, 1.807) is 0 Å². The zero-order valence-corrected chi connectivity index (χ0v) is 6.53. The lowest BCUT2D eigenvalue weighted by Crippen LogP contribution is -2.49. The van der Waals surface area contributed by atoms with Crippen LogP contribution in [-0.4, -0.2) is 17.4 Å². The molecule has 9 heavy (non-hydrogen) atoms. The number of rotatable bonds is 0. The van der Waals surface area contributed by atoms with Gasteiger partial charge in [-0.2, -0.15) is 0 Å². The van der Waals surface area contributed by atoms with Crippen molar-refractivity contribution in [2.24, 2.45) is 5.41 Å². The number of nitrogens with zero attached hydrogens (tertiary/aromatic N) is 1. The third kappa shape index (κ3) is 0.887. The summed E-state index contributed by atoms with van der Waals surface area (Å²) in [6.07, 6.45) is 5.84. The topological polar surface area (TPSA) is 3.24 Å². The predicted octanol–water partition coefficient (Wildman–Crippen LogP) is 1.71. The molecule has 1 nitrogen and oxygen atoms in total. The van der Waals surface area contributed by atoms with Crippen molar-refractivity contribution in [3.63, 3.8) is 0 Å². The highest BCUT2D eigenvalue weighted by Gasteiger charge is 2.43. The summed E-state index contributed by atoms with van der Waals surface area (Å²) in [6.45, 7) is 2.49. The number of hydrogen-bond donors (Lipinski definition) is 1. The van der Waals surface area contributed by atoms with Crippen LogP contribution in [0.2, 0.25) is 0 Å². The summed E-state index contributed by atoms with van der Waals surface area (Å²) in [5.41, 5.74) is 0.738. The molecular weight excluding hydrogens is 130 g/mol. The zero-order chi connectivity index (χ0) is 6.32. The number of hydrogen-bond acceptors (Lipinski definition) is 2. The molecule has 0 amide bonds. The van der Waals surface area contributed by atoms with E-state index >= 15 is 0 Å². The van der Waals surface area contributed by atoms with E-state index in [9.17, 15) is 0 Å². The van der Waals surface area contributed by atoms with Gasteiger partial charge in [0.2, 0.25) is 0 Å². The van der Waals surface area contributed by atoms with Crippen molar-refractivity contribution in [2.75, 3.05) is 13.1 Å². The molecule has 0 radical (unpaired) electrons. The van der Waals surface area contributed by atoms with Gasteiger partial charge in [0.15, 0.2) is 0 Å². The fourth-order valence-electron chi connectivity index (χ4n) is 2.17. The Morgan fingerprint density at radius 2 is 1.67 bits per heavy atom. The minimum Gasteiger partial charge on any atom is -0.252 e. The van der Waals surface area contributed by atoms with Gasteiger partial charge in [-0.25, -0.2) is 0 Å². The Bertz CT molecular complexity index is 110. The van der Waals surface area contributed by atoms with E-state index in [-0.39, 0.29) is 0 Å². The summed E-state index contributed by atoms with van der Waals surface area (Å²) in [6, 6.07) is 0. The molecule has 0 atom stereocenters. The van der Waals surface area contributed by atoms with Crippen molar-refractivity contribution < 1.29 is 0 Å². The van der Waals surface area contributed by atoms with Crippen LogP contribution in [-0.2, 0) is 0 Å². The first-order valence-electron chi connectivity index (χ1n) is 3.75. The fourth-order valence-corrected chi connectivity index (χ4v) is 2.77. The lowest BCUT2D eigenvalue weighted by molar-refractivity contribution is 0.0902. The minimum absolute atomic E-state index is 0.738. The maximum atomic E-state index is 4.27. The highest BCUT2D eigenvalue weighted by atomic mass is 32.1. The van der Waals surface area contributed by atoms with Crippen molar-refractivity contribution in [1.29, 1.82) is 0 Å². The van der Waals surface area contributed by atoms with Crippen LogP contribution in [0.4, 0.5) is 0 Å². The summed E-state index contributed by atoms with van der Waals surface area (Å²) in [5, 5.41) is 0. The lowest BCUT2D eigenvalue weighted by atomic mass is 9.80. The molecule has 2 aliphatic rings. The largest absolute Gasteiger partial charge is 0.252 e. The summed E-state index contributed by atoms with van der Waals surface area (Å²) < 4.78 is 2.13. The first-order valence-corrected chi connectivity index (χ1v) is 4.15. The van der Waals surface area contributed by atoms with Gasteiger partial charge in [-0.1, -0.05) is 25.7 Å². The standard InChI is InChI=1S/C7H13NS/c9-8-5-7(6-8)3-1-2-4-7/h9H,1-6H2. The second-order valence-corrected chi connectivity index (χ2v) is 4.10. The van der Waals surface area contributed by atoms with Gasteiger partial charge >= 0.3 is 0 Å². The summed E-state index contributed by atoms with van der Waals surface area (Å²) >= 11 is 4.27. The third-order valence-corrected chi connectivity index (χ3v) is 2.98. The van der Waals surface area contributed by atoms with Crippen LogP contribution in [0.1, 0.15) is 25.7 Å². The maximum absolute atomic E-state index is 4.27. The molecule has 1 saturated heterocycles. The number of thiol groups is 1. The average Bonchev–Trinajstić information content (AvgIpc) is 2.12. The summed E-state index contributed by atoms with van der Waals surface area (Å²) in [4.78, 5) is 0. The molecule has 0 N–H and O–H groups in total. The molecule has 2 heteroatoms. The molecule has 0 unspecified atom stereocenters. The molecular formula is C7H13NS. The molecule has 1 heterocycles. The highest BCUT2D eigenvalue weighted by Crippen LogP contribution is 2.45. The molecule has 52 valence electrons. The Kier molecular flexibility index (Phi) is 1.27. The van der Waals surface area contributed by atoms with E-state index in [1.807, 2.05) is 0 Å². The Hall–Kier alpha value is 0.310. The van der Waals surface area contributed by atoms with Gasteiger partial charge < -0.3 is 0 Å². The lowest BCUT2D eigenvalue weighted by Gasteiger charge is -2.45. The fraction of sp³-hybridized carbons (Fsp3) is 1.00. The van der Waals surface area contributed by atoms with Crippen LogP contribution in [0.15, 0.2) is 0 Å². The molecule has 0 aromatic heterocycles.